The number of cyclic esters (lactones) is 1. The maximum Gasteiger partial charge on any atom is 0.306 e. The number of rotatable bonds is 9. The van der Waals surface area contributed by atoms with E-state index in [-0.39, 0.29) is 60.6 Å². The number of ether oxygens (including phenoxy) is 5. The molecule has 0 amide bonds. The lowest BCUT2D eigenvalue weighted by Crippen LogP contribution is -2.56. The summed E-state index contributed by atoms with van der Waals surface area (Å²) in [5, 5.41) is 21.3. The summed E-state index contributed by atoms with van der Waals surface area (Å²) in [4.78, 5) is 28.4. The first-order valence-corrected chi connectivity index (χ1v) is 15.8. The molecule has 248 valence electrons. The van der Waals surface area contributed by atoms with Crippen LogP contribution in [0.3, 0.4) is 0 Å². The minimum Gasteiger partial charge on any atom is -0.462 e. The van der Waals surface area contributed by atoms with Gasteiger partial charge in [-0.25, -0.2) is 0 Å². The number of methoxy groups -OCH3 is 2. The van der Waals surface area contributed by atoms with Crippen molar-refractivity contribution in [3.63, 3.8) is 0 Å². The molecule has 0 aliphatic carbocycles. The van der Waals surface area contributed by atoms with Crippen LogP contribution >= 0.6 is 0 Å². The van der Waals surface area contributed by atoms with Gasteiger partial charge in [0.05, 0.1) is 18.8 Å². The maximum absolute atomic E-state index is 13.3. The number of allylic oxidation sites excluding steroid dienone is 3. The second kappa shape index (κ2) is 18.3. The first-order valence-electron chi connectivity index (χ1n) is 15.8. The summed E-state index contributed by atoms with van der Waals surface area (Å²) in [6.45, 7) is 9.48. The number of likely N-dealkylation sites (N-methyl/N-ethyl adjacent to an activating group) is 1. The quantitative estimate of drug-likeness (QED) is 0.293. The number of aliphatic hydroxyl groups excluding tert-OH is 2. The van der Waals surface area contributed by atoms with Crippen LogP contribution in [0.15, 0.2) is 23.8 Å². The Morgan fingerprint density at radius 1 is 1.09 bits per heavy atom. The largest absolute Gasteiger partial charge is 0.462 e. The Kier molecular flexibility index (Phi) is 16.0. The minimum absolute atomic E-state index is 0.0307. The van der Waals surface area contributed by atoms with Gasteiger partial charge < -0.3 is 38.8 Å². The second-order valence-electron chi connectivity index (χ2n) is 12.7. The number of nitrogens with zero attached hydrogens (tertiary/aromatic N) is 1. The molecule has 2 heterocycles. The molecule has 4 unspecified atom stereocenters. The van der Waals surface area contributed by atoms with E-state index < -0.39 is 30.9 Å². The molecule has 2 aliphatic heterocycles. The Hall–Kier alpha value is -1.66. The van der Waals surface area contributed by atoms with Gasteiger partial charge in [0, 0.05) is 44.9 Å². The van der Waals surface area contributed by atoms with Gasteiger partial charge in [0.15, 0.2) is 18.4 Å². The van der Waals surface area contributed by atoms with Crippen LogP contribution in [0.4, 0.5) is 0 Å². The molecule has 0 spiro atoms. The molecule has 0 aromatic carbocycles. The van der Waals surface area contributed by atoms with Gasteiger partial charge in [0.2, 0.25) is 0 Å². The van der Waals surface area contributed by atoms with E-state index in [9.17, 15) is 19.8 Å². The van der Waals surface area contributed by atoms with Crippen molar-refractivity contribution < 1.29 is 43.5 Å². The molecule has 0 saturated carbocycles. The van der Waals surface area contributed by atoms with Crippen LogP contribution < -0.4 is 0 Å². The Labute approximate surface area is 258 Å². The number of hydrogen-bond donors (Lipinski definition) is 2. The van der Waals surface area contributed by atoms with E-state index in [1.807, 2.05) is 59.7 Å². The van der Waals surface area contributed by atoms with Crippen molar-refractivity contribution in [2.45, 2.75) is 116 Å². The number of carbonyl (C=O) groups is 2. The van der Waals surface area contributed by atoms with E-state index in [0.29, 0.717) is 32.1 Å². The fourth-order valence-corrected chi connectivity index (χ4v) is 6.25. The summed E-state index contributed by atoms with van der Waals surface area (Å²) in [5.41, 5.74) is 0.805. The average molecular weight is 612 g/mol. The zero-order chi connectivity index (χ0) is 32.3. The highest BCUT2D eigenvalue weighted by Crippen LogP contribution is 2.35. The molecule has 10 nitrogen and oxygen atoms in total. The van der Waals surface area contributed by atoms with Gasteiger partial charge in [-0.15, -0.1) is 0 Å². The molecule has 10 atom stereocenters. The molecule has 1 saturated heterocycles. The maximum atomic E-state index is 13.3. The first-order chi connectivity index (χ1) is 20.3. The number of esters is 1. The van der Waals surface area contributed by atoms with E-state index in [1.165, 1.54) is 0 Å². The summed E-state index contributed by atoms with van der Waals surface area (Å²) in [5.74, 6) is -1.49. The average Bonchev–Trinajstić information content (AvgIpc) is 2.97. The van der Waals surface area contributed by atoms with Crippen LogP contribution in [-0.4, -0.2) is 105 Å². The molecule has 2 aliphatic rings. The van der Waals surface area contributed by atoms with E-state index in [2.05, 4.69) is 0 Å². The zero-order valence-electron chi connectivity index (χ0n) is 27.7. The third-order valence-corrected chi connectivity index (χ3v) is 8.92. The molecular formula is C33H57NO9. The van der Waals surface area contributed by atoms with Crippen LogP contribution in [0.1, 0.15) is 73.1 Å². The van der Waals surface area contributed by atoms with Crippen molar-refractivity contribution in [3.05, 3.63) is 23.8 Å². The molecule has 0 radical (unpaired) electrons. The number of aliphatic hydroxyl groups is 2. The number of ketones is 1. The lowest BCUT2D eigenvalue weighted by molar-refractivity contribution is -0.282. The number of carbonyl (C=O) groups excluding carboxylic acids is 2. The Bertz CT molecular complexity index is 918. The third-order valence-electron chi connectivity index (χ3n) is 8.92. The normalized spacial score (nSPS) is 37.7. The van der Waals surface area contributed by atoms with Crippen LogP contribution in [0, 0.1) is 23.7 Å². The van der Waals surface area contributed by atoms with Crippen molar-refractivity contribution in [3.8, 4) is 0 Å². The molecule has 10 heteroatoms. The predicted octanol–water partition coefficient (Wildman–Crippen LogP) is 3.88. The molecule has 0 aromatic rings. The highest BCUT2D eigenvalue weighted by Gasteiger charge is 2.42. The van der Waals surface area contributed by atoms with Gasteiger partial charge in [0.1, 0.15) is 12.2 Å². The van der Waals surface area contributed by atoms with Crippen molar-refractivity contribution in [1.29, 1.82) is 0 Å². The molecule has 2 rings (SSSR count). The van der Waals surface area contributed by atoms with Gasteiger partial charge in [-0.1, -0.05) is 38.5 Å². The van der Waals surface area contributed by atoms with Gasteiger partial charge in [-0.2, -0.15) is 0 Å². The predicted molar refractivity (Wildman–Crippen MR) is 164 cm³/mol. The fraction of sp³-hybridized carbons (Fsp3) is 0.818. The van der Waals surface area contributed by atoms with Crippen LogP contribution in [0.2, 0.25) is 0 Å². The van der Waals surface area contributed by atoms with Crippen molar-refractivity contribution in [2.75, 3.05) is 34.9 Å². The van der Waals surface area contributed by atoms with Crippen molar-refractivity contribution in [2.24, 2.45) is 23.7 Å². The van der Waals surface area contributed by atoms with Gasteiger partial charge in [0.25, 0.3) is 0 Å². The molecule has 1 fully saturated rings. The van der Waals surface area contributed by atoms with Crippen LogP contribution in [0.5, 0.6) is 0 Å². The fourth-order valence-electron chi connectivity index (χ4n) is 6.25. The van der Waals surface area contributed by atoms with Gasteiger partial charge in [-0.3, -0.25) is 9.59 Å². The summed E-state index contributed by atoms with van der Waals surface area (Å²) in [6, 6.07) is -0.151. The van der Waals surface area contributed by atoms with E-state index in [0.717, 1.165) is 5.57 Å². The van der Waals surface area contributed by atoms with Crippen LogP contribution in [-0.2, 0) is 33.3 Å². The van der Waals surface area contributed by atoms with Gasteiger partial charge >= 0.3 is 5.97 Å². The molecule has 2 N–H and O–H groups in total. The monoisotopic (exact) mass is 611 g/mol. The summed E-state index contributed by atoms with van der Waals surface area (Å²) in [7, 11) is 7.01. The van der Waals surface area contributed by atoms with E-state index in [4.69, 9.17) is 23.7 Å². The standard InChI is InChI=1S/C33H57NO9/c1-10-28-25(19-35)15-20(2)11-13-27(36)22(4)16-24(18-30(39-8)40-9)32(21(3)12-14-29(37)42-28)43-33-31(38)26(34(6)7)17-23(5)41-33/h11,13,15,21-26,28,30-33,35,38H,10,12,14,16-19H2,1-9H3/b13-11+,20-15+/t21-,22+,23?,24+,25+,26?,28+,31?,32+,33?/m0/s1. The minimum atomic E-state index is -0.888. The highest BCUT2D eigenvalue weighted by molar-refractivity contribution is 5.91. The molecular weight excluding hydrogens is 554 g/mol. The Balaban J connectivity index is 2.52. The smallest absolute Gasteiger partial charge is 0.306 e. The lowest BCUT2D eigenvalue weighted by atomic mass is 9.80. The van der Waals surface area contributed by atoms with Crippen molar-refractivity contribution in [1.82, 2.24) is 4.90 Å². The van der Waals surface area contributed by atoms with Crippen molar-refractivity contribution >= 4 is 11.8 Å². The van der Waals surface area contributed by atoms with E-state index >= 15 is 0 Å². The highest BCUT2D eigenvalue weighted by atomic mass is 16.7. The zero-order valence-corrected chi connectivity index (χ0v) is 27.7. The lowest BCUT2D eigenvalue weighted by Gasteiger charge is -2.44. The van der Waals surface area contributed by atoms with E-state index in [1.54, 1.807) is 26.4 Å². The molecule has 43 heavy (non-hydrogen) atoms. The van der Waals surface area contributed by atoms with Crippen LogP contribution in [0.25, 0.3) is 0 Å². The Morgan fingerprint density at radius 3 is 2.35 bits per heavy atom. The summed E-state index contributed by atoms with van der Waals surface area (Å²) < 4.78 is 29.8. The third kappa shape index (κ3) is 11.3. The molecule has 0 aromatic heterocycles. The summed E-state index contributed by atoms with van der Waals surface area (Å²) in [6.07, 6.45) is 4.49. The van der Waals surface area contributed by atoms with Gasteiger partial charge in [-0.05, 0) is 71.5 Å². The topological polar surface area (TPSA) is 124 Å². The first kappa shape index (κ1) is 37.5. The summed E-state index contributed by atoms with van der Waals surface area (Å²) >= 11 is 0. The number of hydrogen-bond acceptors (Lipinski definition) is 10. The second-order valence-corrected chi connectivity index (χ2v) is 12.7. The SMILES string of the molecule is CC[C@H]1OC(=O)CC[C@H](C)[C@@H](OC2OC(C)CC(N(C)C)C2O)[C@@H](CC(OC)OC)C[C@@H](C)C(=O)/C=C/C(C)=C/[C@@H]1CO. The molecule has 0 bridgehead atoms. The Morgan fingerprint density at radius 2 is 1.77 bits per heavy atom.